The Hall–Kier alpha value is -3.81. The van der Waals surface area contributed by atoms with Crippen LogP contribution in [-0.2, 0) is 32.0 Å². The van der Waals surface area contributed by atoms with Gasteiger partial charge in [0.05, 0.1) is 13.5 Å². The smallest absolute Gasteiger partial charge is 0.330 e. The molecule has 0 spiro atoms. The average molecular weight is 449 g/mol. The molecule has 1 aromatic carbocycles. The summed E-state index contributed by atoms with van der Waals surface area (Å²) in [6, 6.07) is 16.1. The Bertz CT molecular complexity index is 1090. The predicted molar refractivity (Wildman–Crippen MR) is 124 cm³/mol. The monoisotopic (exact) mass is 448 g/mol. The summed E-state index contributed by atoms with van der Waals surface area (Å²) in [6.45, 7) is -0.0239. The minimum absolute atomic E-state index is 0.0239. The molecule has 8 nitrogen and oxygen atoms in total. The molecule has 0 bridgehead atoms. The van der Waals surface area contributed by atoms with Gasteiger partial charge in [0.25, 0.3) is 0 Å². The summed E-state index contributed by atoms with van der Waals surface area (Å²) in [6.07, 6.45) is 4.40. The number of nitrogens with zero attached hydrogens (tertiary/aromatic N) is 2. The molecule has 0 aliphatic carbocycles. The van der Waals surface area contributed by atoms with E-state index in [-0.39, 0.29) is 24.8 Å². The first-order valence-corrected chi connectivity index (χ1v) is 10.9. The van der Waals surface area contributed by atoms with Crippen LogP contribution in [0.1, 0.15) is 30.5 Å². The summed E-state index contributed by atoms with van der Waals surface area (Å²) in [5.74, 6) is -1.11. The summed E-state index contributed by atoms with van der Waals surface area (Å²) in [7, 11) is 1.25. The number of amides is 2. The number of rotatable bonds is 11. The topological polar surface area (TPSA) is 110 Å². The Morgan fingerprint density at radius 3 is 2.58 bits per heavy atom. The van der Waals surface area contributed by atoms with Crippen molar-refractivity contribution in [3.63, 3.8) is 0 Å². The van der Waals surface area contributed by atoms with E-state index >= 15 is 0 Å². The van der Waals surface area contributed by atoms with Gasteiger partial charge in [-0.1, -0.05) is 30.3 Å². The van der Waals surface area contributed by atoms with Crippen LogP contribution >= 0.6 is 0 Å². The molecule has 8 heteroatoms. The van der Waals surface area contributed by atoms with Crippen molar-refractivity contribution in [3.05, 3.63) is 72.1 Å². The van der Waals surface area contributed by atoms with Crippen LogP contribution in [0.3, 0.4) is 0 Å². The highest BCUT2D eigenvalue weighted by Crippen LogP contribution is 2.11. The summed E-state index contributed by atoms with van der Waals surface area (Å²) in [5, 5.41) is 6.34. The molecule has 0 saturated heterocycles. The second-order valence-corrected chi connectivity index (χ2v) is 7.67. The van der Waals surface area contributed by atoms with Crippen molar-refractivity contribution < 1.29 is 19.1 Å². The molecule has 172 valence electrons. The highest BCUT2D eigenvalue weighted by Gasteiger charge is 2.22. The maximum Gasteiger partial charge on any atom is 0.330 e. The van der Waals surface area contributed by atoms with Gasteiger partial charge in [-0.2, -0.15) is 0 Å². The molecule has 2 N–H and O–H groups in total. The average Bonchev–Trinajstić information content (AvgIpc) is 2.84. The number of unbranched alkanes of at least 4 members (excludes halogenated alkanes) is 1. The van der Waals surface area contributed by atoms with Crippen LogP contribution in [-0.4, -0.2) is 47.4 Å². The molecule has 0 aliphatic heterocycles. The lowest BCUT2D eigenvalue weighted by atomic mass is 10.1. The molecule has 2 heterocycles. The third-order valence-electron chi connectivity index (χ3n) is 5.14. The lowest BCUT2D eigenvalue weighted by molar-refractivity contribution is -0.145. The van der Waals surface area contributed by atoms with E-state index in [1.807, 2.05) is 54.6 Å². The lowest BCUT2D eigenvalue weighted by Crippen LogP contribution is -2.49. The van der Waals surface area contributed by atoms with Crippen LogP contribution in [0.4, 0.5) is 0 Å². The van der Waals surface area contributed by atoms with Gasteiger partial charge in [0.1, 0.15) is 6.04 Å². The van der Waals surface area contributed by atoms with Crippen LogP contribution < -0.4 is 10.6 Å². The van der Waals surface area contributed by atoms with Gasteiger partial charge in [0.15, 0.2) is 5.65 Å². The number of hydrogen-bond acceptors (Lipinski definition) is 6. The zero-order valence-corrected chi connectivity index (χ0v) is 18.6. The predicted octanol–water partition coefficient (Wildman–Crippen LogP) is 2.36. The van der Waals surface area contributed by atoms with Crippen molar-refractivity contribution in [2.45, 2.75) is 38.1 Å². The van der Waals surface area contributed by atoms with Gasteiger partial charge in [0.2, 0.25) is 11.8 Å². The third-order valence-corrected chi connectivity index (χ3v) is 5.14. The molecular weight excluding hydrogens is 420 g/mol. The number of benzene rings is 1. The number of aryl methyl sites for hydroxylation is 1. The normalized spacial score (nSPS) is 11.5. The van der Waals surface area contributed by atoms with Gasteiger partial charge in [-0.25, -0.2) is 14.8 Å². The fourth-order valence-corrected chi connectivity index (χ4v) is 3.39. The Morgan fingerprint density at radius 2 is 1.79 bits per heavy atom. The molecule has 33 heavy (non-hydrogen) atoms. The van der Waals surface area contributed by atoms with Crippen molar-refractivity contribution in [1.82, 2.24) is 20.6 Å². The molecule has 3 aromatic rings. The SMILES string of the molecule is COC(=O)C(CNC(=O)CCCCc1ccc2cccnc2n1)NC(=O)Cc1ccccc1. The molecule has 3 rings (SSSR count). The van der Waals surface area contributed by atoms with E-state index in [2.05, 4.69) is 20.6 Å². The molecule has 0 saturated carbocycles. The van der Waals surface area contributed by atoms with Crippen LogP contribution in [0.2, 0.25) is 0 Å². The highest BCUT2D eigenvalue weighted by atomic mass is 16.5. The van der Waals surface area contributed by atoms with Crippen LogP contribution in [0.5, 0.6) is 0 Å². The van der Waals surface area contributed by atoms with Crippen LogP contribution in [0.15, 0.2) is 60.8 Å². The van der Waals surface area contributed by atoms with Gasteiger partial charge >= 0.3 is 5.97 Å². The molecule has 1 unspecified atom stereocenters. The van der Waals surface area contributed by atoms with Gasteiger partial charge in [0, 0.05) is 30.2 Å². The fraction of sp³-hybridized carbons (Fsp3) is 0.320. The molecule has 0 fully saturated rings. The molecule has 2 amide bonds. The summed E-state index contributed by atoms with van der Waals surface area (Å²) in [5.41, 5.74) is 2.49. The number of carbonyl (C=O) groups excluding carboxylic acids is 3. The first-order valence-electron chi connectivity index (χ1n) is 10.9. The number of nitrogens with one attached hydrogen (secondary N) is 2. The maximum absolute atomic E-state index is 12.3. The number of hydrogen-bond donors (Lipinski definition) is 2. The van der Waals surface area contributed by atoms with E-state index in [9.17, 15) is 14.4 Å². The van der Waals surface area contributed by atoms with Crippen molar-refractivity contribution in [3.8, 4) is 0 Å². The van der Waals surface area contributed by atoms with Crippen molar-refractivity contribution in [2.24, 2.45) is 0 Å². The maximum atomic E-state index is 12.3. The molecule has 0 aliphatic rings. The van der Waals surface area contributed by atoms with E-state index in [0.29, 0.717) is 12.8 Å². The highest BCUT2D eigenvalue weighted by molar-refractivity contribution is 5.86. The van der Waals surface area contributed by atoms with E-state index in [1.54, 1.807) is 6.20 Å². The van der Waals surface area contributed by atoms with Gasteiger partial charge in [-0.3, -0.25) is 9.59 Å². The fourth-order valence-electron chi connectivity index (χ4n) is 3.39. The van der Waals surface area contributed by atoms with E-state index in [4.69, 9.17) is 4.74 Å². The molecule has 2 aromatic heterocycles. The molecular formula is C25H28N4O4. The lowest BCUT2D eigenvalue weighted by Gasteiger charge is -2.17. The Labute approximate surface area is 192 Å². The number of esters is 1. The zero-order chi connectivity index (χ0) is 23.5. The largest absolute Gasteiger partial charge is 0.467 e. The van der Waals surface area contributed by atoms with E-state index < -0.39 is 12.0 Å². The number of methoxy groups -OCH3 is 1. The quantitative estimate of drug-likeness (QED) is 0.344. The number of carbonyl (C=O) groups is 3. The standard InChI is InChI=1S/C25H28N4O4/c1-33-25(32)21(29-23(31)16-18-8-3-2-4-9-18)17-27-22(30)12-6-5-11-20-14-13-19-10-7-15-26-24(19)28-20/h2-4,7-10,13-15,21H,5-6,11-12,16-17H2,1H3,(H,27,30)(H,29,31). The van der Waals surface area contributed by atoms with E-state index in [1.165, 1.54) is 7.11 Å². The zero-order valence-electron chi connectivity index (χ0n) is 18.6. The van der Waals surface area contributed by atoms with Crippen LogP contribution in [0, 0.1) is 0 Å². The van der Waals surface area contributed by atoms with Crippen LogP contribution in [0.25, 0.3) is 11.0 Å². The Balaban J connectivity index is 1.39. The minimum atomic E-state index is -0.940. The summed E-state index contributed by atoms with van der Waals surface area (Å²) >= 11 is 0. The minimum Gasteiger partial charge on any atom is -0.467 e. The second kappa shape index (κ2) is 12.3. The third kappa shape index (κ3) is 7.68. The van der Waals surface area contributed by atoms with Crippen molar-refractivity contribution in [1.29, 1.82) is 0 Å². The van der Waals surface area contributed by atoms with Gasteiger partial charge in [-0.05, 0) is 49.1 Å². The van der Waals surface area contributed by atoms with Crippen molar-refractivity contribution in [2.75, 3.05) is 13.7 Å². The summed E-state index contributed by atoms with van der Waals surface area (Å²) < 4.78 is 4.76. The van der Waals surface area contributed by atoms with E-state index in [0.717, 1.165) is 35.1 Å². The number of aromatic nitrogens is 2. The van der Waals surface area contributed by atoms with Gasteiger partial charge in [-0.15, -0.1) is 0 Å². The molecule has 0 radical (unpaired) electrons. The first kappa shape index (κ1) is 23.8. The number of fused-ring (bicyclic) bond motifs is 1. The summed E-state index contributed by atoms with van der Waals surface area (Å²) in [4.78, 5) is 45.3. The van der Waals surface area contributed by atoms with Crippen molar-refractivity contribution >= 4 is 28.8 Å². The Kier molecular flexibility index (Phi) is 8.88. The number of pyridine rings is 2. The second-order valence-electron chi connectivity index (χ2n) is 7.67. The Morgan fingerprint density at radius 1 is 0.970 bits per heavy atom. The number of ether oxygens (including phenoxy) is 1. The first-order chi connectivity index (χ1) is 16.0. The van der Waals surface area contributed by atoms with Gasteiger partial charge < -0.3 is 15.4 Å². The molecule has 1 atom stereocenters.